The molecule has 0 unspecified atom stereocenters. The first-order chi connectivity index (χ1) is 15.2. The van der Waals surface area contributed by atoms with Crippen molar-refractivity contribution in [3.05, 3.63) is 91.0 Å². The number of aromatic nitrogens is 6. The van der Waals surface area contributed by atoms with Gasteiger partial charge in [0, 0.05) is 23.8 Å². The molecule has 3 aromatic heterocycles. The van der Waals surface area contributed by atoms with E-state index >= 15 is 0 Å². The highest BCUT2D eigenvalue weighted by atomic mass is 16.1. The Balaban J connectivity index is 1.24. The molecule has 5 aromatic rings. The summed E-state index contributed by atoms with van der Waals surface area (Å²) in [6.07, 6.45) is 4.95. The van der Waals surface area contributed by atoms with Gasteiger partial charge in [-0.2, -0.15) is 5.10 Å². The van der Waals surface area contributed by atoms with Crippen LogP contribution in [0, 0.1) is 0 Å². The number of anilines is 3. The first kappa shape index (κ1) is 18.4. The molecule has 0 bridgehead atoms. The Morgan fingerprint density at radius 1 is 0.839 bits per heavy atom. The molecule has 0 fully saturated rings. The topological polar surface area (TPSA) is 111 Å². The first-order valence-electron chi connectivity index (χ1n) is 9.49. The second kappa shape index (κ2) is 7.99. The molecular weight excluding hydrogens is 392 g/mol. The number of nitrogens with zero attached hydrogens (tertiary/aromatic N) is 6. The number of fused-ring (bicyclic) bond motifs is 1. The lowest BCUT2D eigenvalue weighted by molar-refractivity contribution is 0.102. The average molecular weight is 408 g/mol. The predicted molar refractivity (Wildman–Crippen MR) is 116 cm³/mol. The van der Waals surface area contributed by atoms with Gasteiger partial charge in [-0.3, -0.25) is 9.78 Å². The summed E-state index contributed by atoms with van der Waals surface area (Å²) in [5.41, 5.74) is 3.13. The third-order valence-corrected chi connectivity index (χ3v) is 4.49. The zero-order valence-corrected chi connectivity index (χ0v) is 16.2. The molecule has 0 atom stereocenters. The van der Waals surface area contributed by atoms with Gasteiger partial charge < -0.3 is 10.6 Å². The Morgan fingerprint density at radius 3 is 2.39 bits per heavy atom. The molecule has 0 saturated carbocycles. The average Bonchev–Trinajstić information content (AvgIpc) is 3.35. The molecular formula is C22H16N8O. The first-order valence-corrected chi connectivity index (χ1v) is 9.49. The Bertz CT molecular complexity index is 1330. The fourth-order valence-corrected chi connectivity index (χ4v) is 2.96. The molecule has 0 aliphatic carbocycles. The Kier molecular flexibility index (Phi) is 4.74. The van der Waals surface area contributed by atoms with Gasteiger partial charge in [0.2, 0.25) is 0 Å². The Hall–Kier alpha value is -4.66. The zero-order valence-electron chi connectivity index (χ0n) is 16.2. The SMILES string of the molecule is O=C(Nc1ccc(Nc2ccc(-n3cccn3)nn2)cc1)c1cnc2ccccc2n1. The monoisotopic (exact) mass is 408 g/mol. The van der Waals surface area contributed by atoms with Crippen molar-refractivity contribution in [2.24, 2.45) is 0 Å². The molecule has 2 aromatic carbocycles. The van der Waals surface area contributed by atoms with Crippen LogP contribution >= 0.6 is 0 Å². The number of amides is 1. The summed E-state index contributed by atoms with van der Waals surface area (Å²) >= 11 is 0. The molecule has 2 N–H and O–H groups in total. The number of carbonyl (C=O) groups is 1. The molecule has 0 aliphatic heterocycles. The van der Waals surface area contributed by atoms with Gasteiger partial charge in [-0.15, -0.1) is 10.2 Å². The molecule has 1 amide bonds. The van der Waals surface area contributed by atoms with Crippen LogP contribution in [0.2, 0.25) is 0 Å². The predicted octanol–water partition coefficient (Wildman–Crippen LogP) is 3.60. The molecule has 0 saturated heterocycles. The fourth-order valence-electron chi connectivity index (χ4n) is 2.96. The molecule has 150 valence electrons. The van der Waals surface area contributed by atoms with Crippen molar-refractivity contribution in [2.45, 2.75) is 0 Å². The van der Waals surface area contributed by atoms with E-state index < -0.39 is 0 Å². The number of carbonyl (C=O) groups excluding carboxylic acids is 1. The smallest absolute Gasteiger partial charge is 0.275 e. The van der Waals surface area contributed by atoms with Crippen molar-refractivity contribution in [1.82, 2.24) is 29.9 Å². The quantitative estimate of drug-likeness (QED) is 0.457. The van der Waals surface area contributed by atoms with Crippen molar-refractivity contribution in [2.75, 3.05) is 10.6 Å². The lowest BCUT2D eigenvalue weighted by Gasteiger charge is -2.08. The van der Waals surface area contributed by atoms with Gasteiger partial charge in [0.15, 0.2) is 11.6 Å². The highest BCUT2D eigenvalue weighted by molar-refractivity contribution is 6.03. The summed E-state index contributed by atoms with van der Waals surface area (Å²) in [4.78, 5) is 21.1. The summed E-state index contributed by atoms with van der Waals surface area (Å²) in [5, 5.41) is 18.4. The van der Waals surface area contributed by atoms with E-state index in [-0.39, 0.29) is 11.6 Å². The standard InChI is InChI=1S/C22H16N8O/c31-22(19-14-23-17-4-1-2-5-18(17)27-19)26-16-8-6-15(7-9-16)25-20-10-11-21(29-28-20)30-13-3-12-24-30/h1-14H,(H,25,28)(H,26,31). The van der Waals surface area contributed by atoms with E-state index in [0.717, 1.165) is 11.2 Å². The van der Waals surface area contributed by atoms with Gasteiger partial charge in [0.25, 0.3) is 5.91 Å². The summed E-state index contributed by atoms with van der Waals surface area (Å²) in [6, 6.07) is 20.1. The summed E-state index contributed by atoms with van der Waals surface area (Å²) in [6.45, 7) is 0. The van der Waals surface area contributed by atoms with Gasteiger partial charge in [-0.25, -0.2) is 9.67 Å². The minimum Gasteiger partial charge on any atom is -0.339 e. The molecule has 9 heteroatoms. The molecule has 5 rings (SSSR count). The van der Waals surface area contributed by atoms with E-state index in [0.29, 0.717) is 22.8 Å². The summed E-state index contributed by atoms with van der Waals surface area (Å²) in [7, 11) is 0. The molecule has 31 heavy (non-hydrogen) atoms. The molecule has 9 nitrogen and oxygen atoms in total. The van der Waals surface area contributed by atoms with Crippen LogP contribution in [0.1, 0.15) is 10.5 Å². The van der Waals surface area contributed by atoms with Crippen LogP contribution in [0.3, 0.4) is 0 Å². The van der Waals surface area contributed by atoms with E-state index in [1.807, 2.05) is 54.6 Å². The maximum absolute atomic E-state index is 12.5. The van der Waals surface area contributed by atoms with Crippen molar-refractivity contribution in [1.29, 1.82) is 0 Å². The van der Waals surface area contributed by atoms with E-state index in [9.17, 15) is 4.79 Å². The lowest BCUT2D eigenvalue weighted by Crippen LogP contribution is -2.14. The number of rotatable bonds is 5. The fraction of sp³-hybridized carbons (Fsp3) is 0. The maximum Gasteiger partial charge on any atom is 0.275 e. The number of nitrogens with one attached hydrogen (secondary N) is 2. The summed E-state index contributed by atoms with van der Waals surface area (Å²) < 4.78 is 1.63. The van der Waals surface area contributed by atoms with Crippen LogP contribution in [0.4, 0.5) is 17.2 Å². The van der Waals surface area contributed by atoms with Crippen molar-refractivity contribution in [3.8, 4) is 5.82 Å². The van der Waals surface area contributed by atoms with Crippen molar-refractivity contribution >= 4 is 34.1 Å². The largest absolute Gasteiger partial charge is 0.339 e. The zero-order chi connectivity index (χ0) is 21.0. The Morgan fingerprint density at radius 2 is 1.65 bits per heavy atom. The number of hydrogen-bond acceptors (Lipinski definition) is 7. The molecule has 0 aliphatic rings. The van der Waals surface area contributed by atoms with E-state index in [1.54, 1.807) is 29.2 Å². The van der Waals surface area contributed by atoms with Crippen LogP contribution in [-0.2, 0) is 0 Å². The van der Waals surface area contributed by atoms with Crippen molar-refractivity contribution < 1.29 is 4.79 Å². The van der Waals surface area contributed by atoms with Crippen LogP contribution in [0.15, 0.2) is 85.3 Å². The minimum atomic E-state index is -0.320. The third-order valence-electron chi connectivity index (χ3n) is 4.49. The number of hydrogen-bond donors (Lipinski definition) is 2. The van der Waals surface area contributed by atoms with Crippen LogP contribution < -0.4 is 10.6 Å². The third kappa shape index (κ3) is 4.06. The normalized spacial score (nSPS) is 10.7. The highest BCUT2D eigenvalue weighted by Gasteiger charge is 2.10. The molecule has 3 heterocycles. The maximum atomic E-state index is 12.5. The second-order valence-corrected chi connectivity index (χ2v) is 6.63. The summed E-state index contributed by atoms with van der Waals surface area (Å²) in [5.74, 6) is 0.906. The lowest BCUT2D eigenvalue weighted by atomic mass is 10.2. The van der Waals surface area contributed by atoms with Crippen LogP contribution in [0.5, 0.6) is 0 Å². The van der Waals surface area contributed by atoms with Gasteiger partial charge in [0.1, 0.15) is 5.69 Å². The Labute approximate surface area is 176 Å². The second-order valence-electron chi connectivity index (χ2n) is 6.63. The van der Waals surface area contributed by atoms with Gasteiger partial charge >= 0.3 is 0 Å². The van der Waals surface area contributed by atoms with Crippen LogP contribution in [0.25, 0.3) is 16.9 Å². The molecule has 0 radical (unpaired) electrons. The van der Waals surface area contributed by atoms with E-state index in [1.165, 1.54) is 6.20 Å². The van der Waals surface area contributed by atoms with Crippen LogP contribution in [-0.4, -0.2) is 35.9 Å². The van der Waals surface area contributed by atoms with E-state index in [2.05, 4.69) is 35.9 Å². The number of para-hydroxylation sites is 2. The van der Waals surface area contributed by atoms with Crippen molar-refractivity contribution in [3.63, 3.8) is 0 Å². The van der Waals surface area contributed by atoms with Gasteiger partial charge in [-0.05, 0) is 54.6 Å². The number of benzene rings is 2. The highest BCUT2D eigenvalue weighted by Crippen LogP contribution is 2.18. The molecule has 0 spiro atoms. The van der Waals surface area contributed by atoms with Gasteiger partial charge in [0.05, 0.1) is 17.2 Å². The minimum absolute atomic E-state index is 0.258. The van der Waals surface area contributed by atoms with Gasteiger partial charge in [-0.1, -0.05) is 12.1 Å². The van der Waals surface area contributed by atoms with E-state index in [4.69, 9.17) is 0 Å².